The lowest BCUT2D eigenvalue weighted by Gasteiger charge is -2.44. The first-order valence-corrected chi connectivity index (χ1v) is 9.44. The summed E-state index contributed by atoms with van der Waals surface area (Å²) < 4.78 is 0. The molecule has 1 aromatic rings. The molecule has 0 unspecified atom stereocenters. The third-order valence-electron chi connectivity index (χ3n) is 4.51. The van der Waals surface area contributed by atoms with E-state index < -0.39 is 0 Å². The van der Waals surface area contributed by atoms with Crippen molar-refractivity contribution in [1.82, 2.24) is 5.32 Å². The second kappa shape index (κ2) is 8.91. The SMILES string of the molecule is CCNC1(N(C(=O)CCCl)c2ccc(Cl)cc2)CCCCCC1. The van der Waals surface area contributed by atoms with Gasteiger partial charge in [0.25, 0.3) is 0 Å². The van der Waals surface area contributed by atoms with Crippen LogP contribution in [0.25, 0.3) is 0 Å². The van der Waals surface area contributed by atoms with Gasteiger partial charge in [0.05, 0.1) is 5.66 Å². The Hall–Kier alpha value is -0.770. The zero-order valence-corrected chi connectivity index (χ0v) is 15.3. The van der Waals surface area contributed by atoms with Crippen molar-refractivity contribution >= 4 is 34.8 Å². The van der Waals surface area contributed by atoms with Crippen molar-refractivity contribution in [2.45, 2.75) is 57.5 Å². The molecule has 0 spiro atoms. The van der Waals surface area contributed by atoms with E-state index in [1.165, 1.54) is 12.8 Å². The van der Waals surface area contributed by atoms with Gasteiger partial charge in [0, 0.05) is 23.0 Å². The molecule has 5 heteroatoms. The van der Waals surface area contributed by atoms with Crippen molar-refractivity contribution in [3.05, 3.63) is 29.3 Å². The lowest BCUT2D eigenvalue weighted by Crippen LogP contribution is -2.61. The summed E-state index contributed by atoms with van der Waals surface area (Å²) in [7, 11) is 0. The van der Waals surface area contributed by atoms with Crippen LogP contribution in [0, 0.1) is 0 Å². The molecule has 2 rings (SSSR count). The number of rotatable bonds is 6. The summed E-state index contributed by atoms with van der Waals surface area (Å²) in [5, 5.41) is 4.30. The van der Waals surface area contributed by atoms with Gasteiger partial charge < -0.3 is 0 Å². The molecule has 23 heavy (non-hydrogen) atoms. The first-order chi connectivity index (χ1) is 11.1. The summed E-state index contributed by atoms with van der Waals surface area (Å²) in [5.41, 5.74) is 0.578. The van der Waals surface area contributed by atoms with Gasteiger partial charge in [-0.3, -0.25) is 15.0 Å². The Kier molecular flexibility index (Phi) is 7.19. The molecule has 0 bridgehead atoms. The van der Waals surface area contributed by atoms with Crippen LogP contribution < -0.4 is 10.2 Å². The van der Waals surface area contributed by atoms with Gasteiger partial charge in [0.1, 0.15) is 0 Å². The van der Waals surface area contributed by atoms with E-state index in [1.807, 2.05) is 29.2 Å². The van der Waals surface area contributed by atoms with Crippen LogP contribution in [0.15, 0.2) is 24.3 Å². The largest absolute Gasteiger partial charge is 0.295 e. The molecule has 1 amide bonds. The molecule has 3 nitrogen and oxygen atoms in total. The minimum absolute atomic E-state index is 0.0742. The van der Waals surface area contributed by atoms with E-state index in [4.69, 9.17) is 23.2 Å². The Morgan fingerprint density at radius 3 is 2.30 bits per heavy atom. The quantitative estimate of drug-likeness (QED) is 0.443. The van der Waals surface area contributed by atoms with E-state index >= 15 is 0 Å². The van der Waals surface area contributed by atoms with E-state index in [2.05, 4.69) is 12.2 Å². The summed E-state index contributed by atoms with van der Waals surface area (Å²) in [6.45, 7) is 2.93. The Bertz CT molecular complexity index is 496. The van der Waals surface area contributed by atoms with Gasteiger partial charge in [-0.2, -0.15) is 0 Å². The molecule has 0 radical (unpaired) electrons. The number of anilines is 1. The monoisotopic (exact) mass is 356 g/mol. The topological polar surface area (TPSA) is 32.3 Å². The van der Waals surface area contributed by atoms with Crippen LogP contribution in [0.2, 0.25) is 5.02 Å². The van der Waals surface area contributed by atoms with Crippen molar-refractivity contribution in [2.24, 2.45) is 0 Å². The van der Waals surface area contributed by atoms with E-state index in [9.17, 15) is 4.79 Å². The summed E-state index contributed by atoms with van der Waals surface area (Å²) in [6, 6.07) is 7.54. The number of nitrogens with zero attached hydrogens (tertiary/aromatic N) is 1. The molecule has 1 aromatic carbocycles. The van der Waals surface area contributed by atoms with Crippen LogP contribution in [-0.4, -0.2) is 24.0 Å². The minimum Gasteiger partial charge on any atom is -0.295 e. The fourth-order valence-corrected chi connectivity index (χ4v) is 3.82. The van der Waals surface area contributed by atoms with E-state index in [1.54, 1.807) is 0 Å². The highest BCUT2D eigenvalue weighted by Crippen LogP contribution is 2.35. The standard InChI is InChI=1S/C18H26Cl2N2O/c1-2-21-18(12-5-3-4-6-13-18)22(17(23)11-14-19)16-9-7-15(20)8-10-16/h7-10,21H,2-6,11-14H2,1H3. The smallest absolute Gasteiger partial charge is 0.229 e. The average molecular weight is 357 g/mol. The molecule has 1 N–H and O–H groups in total. The van der Waals surface area contributed by atoms with Crippen molar-refractivity contribution in [1.29, 1.82) is 0 Å². The van der Waals surface area contributed by atoms with E-state index in [0.717, 1.165) is 37.9 Å². The molecule has 1 fully saturated rings. The number of carbonyl (C=O) groups is 1. The molecule has 1 aliphatic rings. The summed E-state index contributed by atoms with van der Waals surface area (Å²) in [5.74, 6) is 0.413. The lowest BCUT2D eigenvalue weighted by molar-refractivity contribution is -0.120. The van der Waals surface area contributed by atoms with Gasteiger partial charge in [-0.25, -0.2) is 0 Å². The number of amides is 1. The first kappa shape index (κ1) is 18.6. The molecule has 0 saturated heterocycles. The maximum absolute atomic E-state index is 12.9. The Labute approximate surface area is 149 Å². The van der Waals surface area contributed by atoms with Gasteiger partial charge in [-0.1, -0.05) is 31.4 Å². The number of alkyl halides is 1. The van der Waals surface area contributed by atoms with Crippen LogP contribution in [0.5, 0.6) is 0 Å². The first-order valence-electron chi connectivity index (χ1n) is 8.52. The summed E-state index contributed by atoms with van der Waals surface area (Å²) >= 11 is 11.9. The van der Waals surface area contributed by atoms with Gasteiger partial charge in [-0.15, -0.1) is 11.6 Å². The third-order valence-corrected chi connectivity index (χ3v) is 4.95. The molecule has 1 saturated carbocycles. The second-order valence-corrected chi connectivity index (χ2v) is 6.94. The van der Waals surface area contributed by atoms with Gasteiger partial charge in [0.15, 0.2) is 0 Å². The Morgan fingerprint density at radius 2 is 1.78 bits per heavy atom. The minimum atomic E-state index is -0.317. The number of carbonyl (C=O) groups excluding carboxylic acids is 1. The molecule has 0 heterocycles. The van der Waals surface area contributed by atoms with Gasteiger partial charge >= 0.3 is 0 Å². The van der Waals surface area contributed by atoms with Crippen molar-refractivity contribution in [3.8, 4) is 0 Å². The highest BCUT2D eigenvalue weighted by atomic mass is 35.5. The van der Waals surface area contributed by atoms with Crippen molar-refractivity contribution in [3.63, 3.8) is 0 Å². The zero-order chi connectivity index (χ0) is 16.7. The predicted molar refractivity (Wildman–Crippen MR) is 98.4 cm³/mol. The van der Waals surface area contributed by atoms with Gasteiger partial charge in [-0.05, 0) is 56.5 Å². The van der Waals surface area contributed by atoms with E-state index in [-0.39, 0.29) is 11.6 Å². The molecule has 0 aromatic heterocycles. The zero-order valence-electron chi connectivity index (χ0n) is 13.8. The van der Waals surface area contributed by atoms with Crippen LogP contribution in [0.1, 0.15) is 51.9 Å². The molecule has 0 atom stereocenters. The van der Waals surface area contributed by atoms with Crippen LogP contribution in [0.3, 0.4) is 0 Å². The van der Waals surface area contributed by atoms with Gasteiger partial charge in [0.2, 0.25) is 5.91 Å². The van der Waals surface area contributed by atoms with Crippen LogP contribution >= 0.6 is 23.2 Å². The maximum atomic E-state index is 12.9. The number of hydrogen-bond acceptors (Lipinski definition) is 2. The molecule has 0 aliphatic heterocycles. The molecular formula is C18H26Cl2N2O. The van der Waals surface area contributed by atoms with Crippen molar-refractivity contribution < 1.29 is 4.79 Å². The molecule has 1 aliphatic carbocycles. The highest BCUT2D eigenvalue weighted by molar-refractivity contribution is 6.30. The van der Waals surface area contributed by atoms with Crippen LogP contribution in [0.4, 0.5) is 5.69 Å². The third kappa shape index (κ3) is 4.62. The van der Waals surface area contributed by atoms with E-state index in [0.29, 0.717) is 17.3 Å². The summed E-state index contributed by atoms with van der Waals surface area (Å²) in [4.78, 5) is 14.8. The summed E-state index contributed by atoms with van der Waals surface area (Å²) in [6.07, 6.45) is 7.00. The Morgan fingerprint density at radius 1 is 1.17 bits per heavy atom. The number of halogens is 2. The maximum Gasteiger partial charge on any atom is 0.229 e. The average Bonchev–Trinajstić information content (AvgIpc) is 2.76. The fourth-order valence-electron chi connectivity index (χ4n) is 3.53. The normalized spacial score (nSPS) is 17.5. The lowest BCUT2D eigenvalue weighted by atomic mass is 9.96. The number of hydrogen-bond donors (Lipinski definition) is 1. The highest BCUT2D eigenvalue weighted by Gasteiger charge is 2.39. The van der Waals surface area contributed by atoms with Crippen LogP contribution in [-0.2, 0) is 4.79 Å². The fraction of sp³-hybridized carbons (Fsp3) is 0.611. The Balaban J connectivity index is 2.43. The molecular weight excluding hydrogens is 331 g/mol. The van der Waals surface area contributed by atoms with Crippen molar-refractivity contribution in [2.75, 3.05) is 17.3 Å². The predicted octanol–water partition coefficient (Wildman–Crippen LogP) is 4.96. The molecule has 128 valence electrons. The number of nitrogens with one attached hydrogen (secondary N) is 1. The second-order valence-electron chi connectivity index (χ2n) is 6.12. The number of benzene rings is 1.